The zero-order valence-corrected chi connectivity index (χ0v) is 16.2. The summed E-state index contributed by atoms with van der Waals surface area (Å²) in [5.74, 6) is -1.19. The van der Waals surface area contributed by atoms with Gasteiger partial charge in [-0.3, -0.25) is 9.59 Å². The normalized spacial score (nSPS) is 15.9. The van der Waals surface area contributed by atoms with Gasteiger partial charge in [-0.25, -0.2) is 4.79 Å². The van der Waals surface area contributed by atoms with Gasteiger partial charge in [-0.2, -0.15) is 9.97 Å². The highest BCUT2D eigenvalue weighted by molar-refractivity contribution is 5.83. The first-order valence-electron chi connectivity index (χ1n) is 9.68. The van der Waals surface area contributed by atoms with E-state index in [1.807, 2.05) is 0 Å². The molecule has 2 atom stereocenters. The van der Waals surface area contributed by atoms with E-state index in [9.17, 15) is 14.4 Å². The van der Waals surface area contributed by atoms with E-state index in [0.29, 0.717) is 18.1 Å². The van der Waals surface area contributed by atoms with Crippen LogP contribution in [0.5, 0.6) is 0 Å². The molecule has 0 radical (unpaired) electrons. The van der Waals surface area contributed by atoms with Crippen LogP contribution in [0.4, 0.5) is 17.6 Å². The van der Waals surface area contributed by atoms with Gasteiger partial charge in [0.1, 0.15) is 17.7 Å². The van der Waals surface area contributed by atoms with Crippen LogP contribution in [0, 0.1) is 0 Å². The van der Waals surface area contributed by atoms with E-state index < -0.39 is 18.0 Å². The minimum absolute atomic E-state index is 0.133. The smallest absolute Gasteiger partial charge is 0.326 e. The Labute approximate surface area is 168 Å². The molecule has 11 heteroatoms. The highest BCUT2D eigenvalue weighted by atomic mass is 16.4. The van der Waals surface area contributed by atoms with Gasteiger partial charge in [0.25, 0.3) is 0 Å². The number of unbranched alkanes of at least 4 members (excludes halogenated alkanes) is 3. The van der Waals surface area contributed by atoms with Gasteiger partial charge < -0.3 is 32.3 Å². The molecule has 1 aromatic rings. The summed E-state index contributed by atoms with van der Waals surface area (Å²) in [6.07, 6.45) is 4.04. The molecule has 1 aliphatic heterocycles. The van der Waals surface area contributed by atoms with Gasteiger partial charge in [0, 0.05) is 30.9 Å². The van der Waals surface area contributed by atoms with Crippen molar-refractivity contribution in [3.63, 3.8) is 0 Å². The number of carboxylic acid groups (broad SMARTS) is 2. The predicted octanol–water partition coefficient (Wildman–Crippen LogP) is 0.925. The first-order chi connectivity index (χ1) is 13.8. The molecule has 1 aromatic heterocycles. The van der Waals surface area contributed by atoms with Crippen LogP contribution in [0.15, 0.2) is 0 Å². The first kappa shape index (κ1) is 22.2. The molecule has 2 heterocycles. The van der Waals surface area contributed by atoms with Gasteiger partial charge in [-0.1, -0.05) is 19.3 Å². The third kappa shape index (κ3) is 6.77. The third-order valence-electron chi connectivity index (χ3n) is 4.90. The van der Waals surface area contributed by atoms with Crippen molar-refractivity contribution in [2.45, 2.75) is 63.3 Å². The number of nitrogens with two attached hydrogens (primary N) is 2. The zero-order valence-electron chi connectivity index (χ0n) is 16.2. The molecule has 0 spiro atoms. The number of nitrogens with zero attached hydrogens (tertiary/aromatic N) is 2. The van der Waals surface area contributed by atoms with Gasteiger partial charge in [-0.15, -0.1) is 0 Å². The van der Waals surface area contributed by atoms with Crippen molar-refractivity contribution in [1.82, 2.24) is 15.3 Å². The average Bonchev–Trinajstić information content (AvgIpc) is 3.04. The van der Waals surface area contributed by atoms with Gasteiger partial charge in [0.15, 0.2) is 0 Å². The fraction of sp³-hybridized carbons (Fsp3) is 0.611. The average molecular weight is 408 g/mol. The van der Waals surface area contributed by atoms with E-state index in [4.69, 9.17) is 21.7 Å². The second-order valence-corrected chi connectivity index (χ2v) is 7.15. The molecule has 1 aliphatic rings. The summed E-state index contributed by atoms with van der Waals surface area (Å²) in [5.41, 5.74) is 12.5. The molecule has 0 saturated heterocycles. The molecule has 2 rings (SSSR count). The van der Waals surface area contributed by atoms with E-state index in [2.05, 4.69) is 20.6 Å². The number of hydrogen-bond donors (Lipinski definition) is 6. The Bertz CT molecular complexity index is 757. The Morgan fingerprint density at radius 1 is 1.10 bits per heavy atom. The van der Waals surface area contributed by atoms with E-state index in [0.717, 1.165) is 37.8 Å². The SMILES string of the molecule is Nc1nc(N)c2c(n1)NCC2CCCCCCC(=O)N[C@@H](CCC(=O)O)C(=O)O. The lowest BCUT2D eigenvalue weighted by Crippen LogP contribution is -2.41. The van der Waals surface area contributed by atoms with Crippen LogP contribution in [0.3, 0.4) is 0 Å². The van der Waals surface area contributed by atoms with Crippen molar-refractivity contribution in [3.8, 4) is 0 Å². The standard InChI is InChI=1S/C18H28N6O5/c19-15-14-10(9-21-16(14)24-18(20)23-15)5-3-1-2-4-6-12(25)22-11(17(28)29)7-8-13(26)27/h10-11H,1-9H2,(H,22,25)(H,26,27)(H,28,29)(H5,19,20,21,23,24)/t10?,11-/m0/s1. The molecule has 11 nitrogen and oxygen atoms in total. The Morgan fingerprint density at radius 2 is 1.83 bits per heavy atom. The Hall–Kier alpha value is -3.11. The maximum absolute atomic E-state index is 11.9. The quantitative estimate of drug-likeness (QED) is 0.271. The number of aromatic nitrogens is 2. The lowest BCUT2D eigenvalue weighted by molar-refractivity contribution is -0.143. The number of amides is 1. The van der Waals surface area contributed by atoms with Gasteiger partial charge in [-0.05, 0) is 19.3 Å². The molecule has 29 heavy (non-hydrogen) atoms. The van der Waals surface area contributed by atoms with Crippen LogP contribution >= 0.6 is 0 Å². The van der Waals surface area contributed by atoms with Crippen molar-refractivity contribution >= 4 is 35.4 Å². The summed E-state index contributed by atoms with van der Waals surface area (Å²) in [6.45, 7) is 0.743. The summed E-state index contributed by atoms with van der Waals surface area (Å²) < 4.78 is 0. The van der Waals surface area contributed by atoms with E-state index in [1.54, 1.807) is 0 Å². The number of aliphatic carboxylic acids is 2. The zero-order chi connectivity index (χ0) is 21.4. The van der Waals surface area contributed by atoms with Crippen LogP contribution in [-0.2, 0) is 14.4 Å². The second kappa shape index (κ2) is 10.4. The number of nitrogen functional groups attached to an aromatic ring is 2. The molecule has 1 unspecified atom stereocenters. The van der Waals surface area contributed by atoms with Crippen LogP contribution in [0.2, 0.25) is 0 Å². The minimum Gasteiger partial charge on any atom is -0.481 e. The lowest BCUT2D eigenvalue weighted by atomic mass is 9.96. The van der Waals surface area contributed by atoms with E-state index in [-0.39, 0.29) is 37.0 Å². The Morgan fingerprint density at radius 3 is 2.52 bits per heavy atom. The molecule has 1 amide bonds. The van der Waals surface area contributed by atoms with Gasteiger partial charge in [0.2, 0.25) is 11.9 Å². The summed E-state index contributed by atoms with van der Waals surface area (Å²) in [7, 11) is 0. The van der Waals surface area contributed by atoms with Crippen LogP contribution in [0.25, 0.3) is 0 Å². The van der Waals surface area contributed by atoms with E-state index in [1.165, 1.54) is 0 Å². The van der Waals surface area contributed by atoms with Crippen LogP contribution in [-0.4, -0.2) is 50.6 Å². The Balaban J connectivity index is 1.64. The monoisotopic (exact) mass is 408 g/mol. The first-order valence-corrected chi connectivity index (χ1v) is 9.68. The molecule has 0 aromatic carbocycles. The van der Waals surface area contributed by atoms with E-state index >= 15 is 0 Å². The molecular formula is C18H28N6O5. The number of fused-ring (bicyclic) bond motifs is 1. The molecule has 0 saturated carbocycles. The molecule has 160 valence electrons. The highest BCUT2D eigenvalue weighted by Gasteiger charge is 2.27. The van der Waals surface area contributed by atoms with Crippen molar-refractivity contribution in [2.24, 2.45) is 0 Å². The maximum atomic E-state index is 11.9. The van der Waals surface area contributed by atoms with Gasteiger partial charge in [0.05, 0.1) is 0 Å². The number of anilines is 3. The van der Waals surface area contributed by atoms with Crippen molar-refractivity contribution in [1.29, 1.82) is 0 Å². The fourth-order valence-corrected chi connectivity index (χ4v) is 3.43. The Kier molecular flexibility index (Phi) is 7.98. The van der Waals surface area contributed by atoms with Crippen LogP contribution in [0.1, 0.15) is 62.8 Å². The number of nitrogens with one attached hydrogen (secondary N) is 2. The number of carboxylic acids is 2. The van der Waals surface area contributed by atoms with Crippen molar-refractivity contribution < 1.29 is 24.6 Å². The predicted molar refractivity (Wildman–Crippen MR) is 106 cm³/mol. The lowest BCUT2D eigenvalue weighted by Gasteiger charge is -2.13. The van der Waals surface area contributed by atoms with Crippen molar-refractivity contribution in [3.05, 3.63) is 5.56 Å². The summed E-state index contributed by atoms with van der Waals surface area (Å²) in [5, 5.41) is 23.3. The van der Waals surface area contributed by atoms with Crippen molar-refractivity contribution in [2.75, 3.05) is 23.3 Å². The summed E-state index contributed by atoms with van der Waals surface area (Å²) in [4.78, 5) is 41.7. The fourth-order valence-electron chi connectivity index (χ4n) is 3.43. The van der Waals surface area contributed by atoms with Gasteiger partial charge >= 0.3 is 11.9 Å². The molecular weight excluding hydrogens is 380 g/mol. The summed E-state index contributed by atoms with van der Waals surface area (Å²) in [6, 6.07) is -1.17. The minimum atomic E-state index is -1.23. The van der Waals surface area contributed by atoms with Crippen LogP contribution < -0.4 is 22.1 Å². The molecule has 0 fully saturated rings. The topological polar surface area (TPSA) is 194 Å². The molecule has 0 aliphatic carbocycles. The summed E-state index contributed by atoms with van der Waals surface area (Å²) >= 11 is 0. The highest BCUT2D eigenvalue weighted by Crippen LogP contribution is 2.37. The number of carbonyl (C=O) groups excluding carboxylic acids is 1. The molecule has 8 N–H and O–H groups in total. The third-order valence-corrected chi connectivity index (χ3v) is 4.90. The number of carbonyl (C=O) groups is 3. The number of rotatable bonds is 12. The number of hydrogen-bond acceptors (Lipinski definition) is 8. The largest absolute Gasteiger partial charge is 0.481 e. The second-order valence-electron chi connectivity index (χ2n) is 7.15. The maximum Gasteiger partial charge on any atom is 0.326 e. The molecule has 0 bridgehead atoms.